The quantitative estimate of drug-likeness (QED) is 0.861. The van der Waals surface area contributed by atoms with Gasteiger partial charge in [0.1, 0.15) is 12.3 Å². The number of methoxy groups -OCH3 is 1. The Hall–Kier alpha value is -2.63. The molecule has 126 valence electrons. The Labute approximate surface area is 140 Å². The summed E-state index contributed by atoms with van der Waals surface area (Å²) < 4.78 is 6.39. The van der Waals surface area contributed by atoms with Gasteiger partial charge in [-0.2, -0.15) is 5.10 Å². The highest BCUT2D eigenvalue weighted by Gasteiger charge is 2.17. The van der Waals surface area contributed by atoms with E-state index in [1.54, 1.807) is 13.2 Å². The van der Waals surface area contributed by atoms with E-state index in [1.165, 1.54) is 10.7 Å². The third-order valence-electron chi connectivity index (χ3n) is 4.25. The molecule has 1 fully saturated rings. The van der Waals surface area contributed by atoms with Crippen LogP contribution in [0.2, 0.25) is 0 Å². The third kappa shape index (κ3) is 3.64. The second-order valence-corrected chi connectivity index (χ2v) is 5.88. The number of aromatic nitrogens is 2. The molecule has 2 aromatic rings. The SMILES string of the molecule is COc1ccc(-c2ccc(=O)n(CC(=O)N3CCCCC3)n2)cc1. The van der Waals surface area contributed by atoms with Gasteiger partial charge in [-0.3, -0.25) is 9.59 Å². The van der Waals surface area contributed by atoms with Gasteiger partial charge in [-0.25, -0.2) is 4.68 Å². The molecule has 24 heavy (non-hydrogen) atoms. The summed E-state index contributed by atoms with van der Waals surface area (Å²) in [6.07, 6.45) is 3.22. The van der Waals surface area contributed by atoms with E-state index >= 15 is 0 Å². The number of carbonyl (C=O) groups excluding carboxylic acids is 1. The van der Waals surface area contributed by atoms with Crippen molar-refractivity contribution in [2.45, 2.75) is 25.8 Å². The zero-order valence-electron chi connectivity index (χ0n) is 13.8. The molecule has 1 aliphatic heterocycles. The van der Waals surface area contributed by atoms with Gasteiger partial charge < -0.3 is 9.64 Å². The fourth-order valence-electron chi connectivity index (χ4n) is 2.85. The van der Waals surface area contributed by atoms with Crippen molar-refractivity contribution in [3.05, 3.63) is 46.8 Å². The molecule has 1 saturated heterocycles. The molecule has 1 aromatic heterocycles. The molecule has 6 heteroatoms. The van der Waals surface area contributed by atoms with Gasteiger partial charge in [0.25, 0.3) is 5.56 Å². The Morgan fingerprint density at radius 3 is 2.46 bits per heavy atom. The number of nitrogens with zero attached hydrogens (tertiary/aromatic N) is 3. The van der Waals surface area contributed by atoms with E-state index in [4.69, 9.17) is 4.74 Å². The standard InChI is InChI=1S/C18H21N3O3/c1-24-15-7-5-14(6-8-15)16-9-10-17(22)21(19-16)13-18(23)20-11-3-2-4-12-20/h5-10H,2-4,11-13H2,1H3. The van der Waals surface area contributed by atoms with E-state index in [0.717, 1.165) is 43.7 Å². The molecule has 0 aliphatic carbocycles. The Balaban J connectivity index is 1.80. The second-order valence-electron chi connectivity index (χ2n) is 5.88. The van der Waals surface area contributed by atoms with Crippen molar-refractivity contribution in [2.24, 2.45) is 0 Å². The average Bonchev–Trinajstić information content (AvgIpc) is 2.64. The van der Waals surface area contributed by atoms with Crippen LogP contribution >= 0.6 is 0 Å². The lowest BCUT2D eigenvalue weighted by Crippen LogP contribution is -2.40. The lowest BCUT2D eigenvalue weighted by Gasteiger charge is -2.26. The van der Waals surface area contributed by atoms with E-state index in [2.05, 4.69) is 5.10 Å². The number of carbonyl (C=O) groups is 1. The summed E-state index contributed by atoms with van der Waals surface area (Å²) in [6, 6.07) is 10.6. The third-order valence-corrected chi connectivity index (χ3v) is 4.25. The van der Waals surface area contributed by atoms with Crippen LogP contribution in [-0.4, -0.2) is 40.8 Å². The van der Waals surface area contributed by atoms with Crippen molar-refractivity contribution in [2.75, 3.05) is 20.2 Å². The van der Waals surface area contributed by atoms with Crippen LogP contribution in [-0.2, 0) is 11.3 Å². The second kappa shape index (κ2) is 7.29. The molecular weight excluding hydrogens is 306 g/mol. The topological polar surface area (TPSA) is 64.4 Å². The summed E-state index contributed by atoms with van der Waals surface area (Å²) in [6.45, 7) is 1.53. The first-order chi connectivity index (χ1) is 11.7. The van der Waals surface area contributed by atoms with Gasteiger partial charge in [-0.05, 0) is 49.6 Å². The van der Waals surface area contributed by atoms with E-state index < -0.39 is 0 Å². The number of benzene rings is 1. The summed E-state index contributed by atoms with van der Waals surface area (Å²) >= 11 is 0. The molecular formula is C18H21N3O3. The summed E-state index contributed by atoms with van der Waals surface area (Å²) in [5, 5.41) is 4.35. The maximum absolute atomic E-state index is 12.4. The number of hydrogen-bond donors (Lipinski definition) is 0. The molecule has 1 amide bonds. The molecule has 0 saturated carbocycles. The first-order valence-corrected chi connectivity index (χ1v) is 8.18. The molecule has 1 aliphatic rings. The molecule has 2 heterocycles. The molecule has 0 bridgehead atoms. The van der Waals surface area contributed by atoms with Crippen molar-refractivity contribution >= 4 is 5.91 Å². The lowest BCUT2D eigenvalue weighted by molar-refractivity contribution is -0.133. The number of hydrogen-bond acceptors (Lipinski definition) is 4. The number of ether oxygens (including phenoxy) is 1. The maximum atomic E-state index is 12.4. The minimum absolute atomic E-state index is 0.0111. The van der Waals surface area contributed by atoms with Gasteiger partial charge in [-0.1, -0.05) is 0 Å². The molecule has 0 radical (unpaired) electrons. The van der Waals surface area contributed by atoms with Crippen LogP contribution in [0.5, 0.6) is 5.75 Å². The highest BCUT2D eigenvalue weighted by atomic mass is 16.5. The van der Waals surface area contributed by atoms with Crippen molar-refractivity contribution in [1.29, 1.82) is 0 Å². The van der Waals surface area contributed by atoms with Crippen LogP contribution in [0.15, 0.2) is 41.2 Å². The largest absolute Gasteiger partial charge is 0.497 e. The number of amides is 1. The van der Waals surface area contributed by atoms with Crippen LogP contribution in [0.1, 0.15) is 19.3 Å². The van der Waals surface area contributed by atoms with Gasteiger partial charge in [0, 0.05) is 24.7 Å². The molecule has 0 N–H and O–H groups in total. The predicted molar refractivity (Wildman–Crippen MR) is 90.9 cm³/mol. The van der Waals surface area contributed by atoms with Gasteiger partial charge in [0.15, 0.2) is 0 Å². The fraction of sp³-hybridized carbons (Fsp3) is 0.389. The van der Waals surface area contributed by atoms with Gasteiger partial charge >= 0.3 is 0 Å². The van der Waals surface area contributed by atoms with Gasteiger partial charge in [0.2, 0.25) is 5.91 Å². The number of rotatable bonds is 4. The fourth-order valence-corrected chi connectivity index (χ4v) is 2.85. The van der Waals surface area contributed by atoms with Crippen LogP contribution in [0, 0.1) is 0 Å². The minimum Gasteiger partial charge on any atom is -0.497 e. The van der Waals surface area contributed by atoms with E-state index in [9.17, 15) is 9.59 Å². The smallest absolute Gasteiger partial charge is 0.267 e. The number of piperidine rings is 1. The van der Waals surface area contributed by atoms with Crippen molar-refractivity contribution in [1.82, 2.24) is 14.7 Å². The molecule has 0 spiro atoms. The Morgan fingerprint density at radius 2 is 1.79 bits per heavy atom. The Kier molecular flexibility index (Phi) is 4.93. The van der Waals surface area contributed by atoms with Gasteiger partial charge in [-0.15, -0.1) is 0 Å². The Morgan fingerprint density at radius 1 is 1.08 bits per heavy atom. The summed E-state index contributed by atoms with van der Waals surface area (Å²) in [4.78, 5) is 26.2. The molecule has 0 unspecified atom stereocenters. The molecule has 6 nitrogen and oxygen atoms in total. The average molecular weight is 327 g/mol. The van der Waals surface area contributed by atoms with Crippen LogP contribution < -0.4 is 10.3 Å². The van der Waals surface area contributed by atoms with Crippen molar-refractivity contribution in [3.8, 4) is 17.0 Å². The van der Waals surface area contributed by atoms with Crippen LogP contribution in [0.3, 0.4) is 0 Å². The summed E-state index contributed by atoms with van der Waals surface area (Å²) in [7, 11) is 1.61. The summed E-state index contributed by atoms with van der Waals surface area (Å²) in [5.74, 6) is 0.712. The first kappa shape index (κ1) is 16.2. The minimum atomic E-state index is -0.266. The van der Waals surface area contributed by atoms with E-state index in [0.29, 0.717) is 5.69 Å². The number of likely N-dealkylation sites (tertiary alicyclic amines) is 1. The van der Waals surface area contributed by atoms with Gasteiger partial charge in [0.05, 0.1) is 12.8 Å². The van der Waals surface area contributed by atoms with E-state index in [1.807, 2.05) is 29.2 Å². The zero-order chi connectivity index (χ0) is 16.9. The highest BCUT2D eigenvalue weighted by Crippen LogP contribution is 2.19. The lowest BCUT2D eigenvalue weighted by atomic mass is 10.1. The molecule has 0 atom stereocenters. The molecule has 3 rings (SSSR count). The zero-order valence-corrected chi connectivity index (χ0v) is 13.8. The maximum Gasteiger partial charge on any atom is 0.267 e. The van der Waals surface area contributed by atoms with Crippen molar-refractivity contribution in [3.63, 3.8) is 0 Å². The van der Waals surface area contributed by atoms with Crippen molar-refractivity contribution < 1.29 is 9.53 Å². The predicted octanol–water partition coefficient (Wildman–Crippen LogP) is 1.93. The normalized spacial score (nSPS) is 14.5. The van der Waals surface area contributed by atoms with Crippen LogP contribution in [0.25, 0.3) is 11.3 Å². The van der Waals surface area contributed by atoms with Crippen LogP contribution in [0.4, 0.5) is 0 Å². The first-order valence-electron chi connectivity index (χ1n) is 8.18. The van der Waals surface area contributed by atoms with E-state index in [-0.39, 0.29) is 18.0 Å². The highest BCUT2D eigenvalue weighted by molar-refractivity contribution is 5.76. The summed E-state index contributed by atoms with van der Waals surface area (Å²) in [5.41, 5.74) is 1.26. The monoisotopic (exact) mass is 327 g/mol. The Bertz CT molecular complexity index is 762. The molecule has 1 aromatic carbocycles.